The number of halogens is 1. The highest BCUT2D eigenvalue weighted by atomic mass is 35.5. The molecule has 0 fully saturated rings. The van der Waals surface area contributed by atoms with Crippen molar-refractivity contribution in [3.8, 4) is 5.75 Å². The summed E-state index contributed by atoms with van der Waals surface area (Å²) in [6.07, 6.45) is 0. The standard InChI is InChI=1S/C13H11ClO3/c1-9-10(7-12(17-9)13(14)15)8-16-11-5-3-2-4-6-11/h2-7H,8H2,1H3. The third kappa shape index (κ3) is 2.88. The Hall–Kier alpha value is -1.74. The number of carbonyl (C=O) groups is 1. The van der Waals surface area contributed by atoms with Gasteiger partial charge in [0.25, 0.3) is 5.24 Å². The van der Waals surface area contributed by atoms with E-state index in [2.05, 4.69) is 0 Å². The molecule has 0 aliphatic heterocycles. The summed E-state index contributed by atoms with van der Waals surface area (Å²) in [7, 11) is 0. The number of carbonyl (C=O) groups excluding carboxylic acids is 1. The van der Waals surface area contributed by atoms with Gasteiger partial charge >= 0.3 is 0 Å². The van der Waals surface area contributed by atoms with Gasteiger partial charge in [0, 0.05) is 5.56 Å². The lowest BCUT2D eigenvalue weighted by atomic mass is 10.2. The molecular weight excluding hydrogens is 240 g/mol. The molecule has 0 N–H and O–H groups in total. The van der Waals surface area contributed by atoms with Crippen molar-refractivity contribution >= 4 is 16.8 Å². The molecule has 4 heteroatoms. The minimum atomic E-state index is -0.598. The van der Waals surface area contributed by atoms with E-state index in [0.29, 0.717) is 12.4 Å². The van der Waals surface area contributed by atoms with Crippen LogP contribution in [0.3, 0.4) is 0 Å². The highest BCUT2D eigenvalue weighted by Gasteiger charge is 2.12. The summed E-state index contributed by atoms with van der Waals surface area (Å²) in [6.45, 7) is 2.12. The van der Waals surface area contributed by atoms with E-state index >= 15 is 0 Å². The lowest BCUT2D eigenvalue weighted by Crippen LogP contribution is -1.95. The van der Waals surface area contributed by atoms with E-state index in [9.17, 15) is 4.79 Å². The highest BCUT2D eigenvalue weighted by Crippen LogP contribution is 2.19. The number of hydrogen-bond donors (Lipinski definition) is 0. The Morgan fingerprint density at radius 2 is 2.06 bits per heavy atom. The molecule has 0 atom stereocenters. The van der Waals surface area contributed by atoms with E-state index in [0.717, 1.165) is 11.3 Å². The van der Waals surface area contributed by atoms with Gasteiger partial charge in [-0.05, 0) is 36.7 Å². The SMILES string of the molecule is Cc1oc(C(=O)Cl)cc1COc1ccccc1. The lowest BCUT2D eigenvalue weighted by Gasteiger charge is -2.04. The summed E-state index contributed by atoms with van der Waals surface area (Å²) in [4.78, 5) is 10.9. The van der Waals surface area contributed by atoms with E-state index in [4.69, 9.17) is 20.8 Å². The minimum Gasteiger partial charge on any atom is -0.489 e. The quantitative estimate of drug-likeness (QED) is 0.779. The number of benzene rings is 1. The molecule has 2 rings (SSSR count). The summed E-state index contributed by atoms with van der Waals surface area (Å²) in [6, 6.07) is 11.0. The molecule has 0 radical (unpaired) electrons. The zero-order valence-electron chi connectivity index (χ0n) is 9.27. The maximum absolute atomic E-state index is 10.9. The molecule has 2 aromatic rings. The van der Waals surface area contributed by atoms with Crippen molar-refractivity contribution in [1.82, 2.24) is 0 Å². The molecule has 0 bridgehead atoms. The van der Waals surface area contributed by atoms with Gasteiger partial charge in [-0.1, -0.05) is 18.2 Å². The molecule has 0 amide bonds. The van der Waals surface area contributed by atoms with Crippen LogP contribution in [0.2, 0.25) is 0 Å². The number of furan rings is 1. The Bertz CT molecular complexity index is 517. The van der Waals surface area contributed by atoms with Gasteiger partial charge in [0.2, 0.25) is 0 Å². The maximum atomic E-state index is 10.9. The highest BCUT2D eigenvalue weighted by molar-refractivity contribution is 6.67. The molecule has 1 aromatic heterocycles. The average molecular weight is 251 g/mol. The van der Waals surface area contributed by atoms with Gasteiger partial charge in [0.1, 0.15) is 18.1 Å². The van der Waals surface area contributed by atoms with E-state index in [1.165, 1.54) is 0 Å². The summed E-state index contributed by atoms with van der Waals surface area (Å²) < 4.78 is 10.8. The Morgan fingerprint density at radius 1 is 1.35 bits per heavy atom. The first-order chi connectivity index (χ1) is 8.16. The molecule has 0 aliphatic rings. The number of rotatable bonds is 4. The third-order valence-electron chi connectivity index (χ3n) is 2.35. The number of aryl methyl sites for hydroxylation is 1. The molecule has 0 saturated carbocycles. The van der Waals surface area contributed by atoms with Crippen LogP contribution in [0.1, 0.15) is 21.9 Å². The molecule has 0 aliphatic carbocycles. The van der Waals surface area contributed by atoms with Crippen molar-refractivity contribution in [3.05, 3.63) is 53.5 Å². The van der Waals surface area contributed by atoms with Crippen LogP contribution in [0, 0.1) is 6.92 Å². The van der Waals surface area contributed by atoms with Crippen molar-refractivity contribution < 1.29 is 13.9 Å². The maximum Gasteiger partial charge on any atom is 0.287 e. The molecule has 0 unspecified atom stereocenters. The molecule has 17 heavy (non-hydrogen) atoms. The van der Waals surface area contributed by atoms with Crippen LogP contribution in [0.4, 0.5) is 0 Å². The topological polar surface area (TPSA) is 39.4 Å². The van der Waals surface area contributed by atoms with Crippen LogP contribution in [0.25, 0.3) is 0 Å². The summed E-state index contributed by atoms with van der Waals surface area (Å²) in [5.41, 5.74) is 0.817. The minimum absolute atomic E-state index is 0.149. The molecule has 0 spiro atoms. The van der Waals surface area contributed by atoms with Crippen LogP contribution >= 0.6 is 11.6 Å². The average Bonchev–Trinajstić information content (AvgIpc) is 2.70. The zero-order chi connectivity index (χ0) is 12.3. The lowest BCUT2D eigenvalue weighted by molar-refractivity contribution is 0.105. The summed E-state index contributed by atoms with van der Waals surface area (Å²) >= 11 is 5.33. The Labute approximate surface area is 104 Å². The van der Waals surface area contributed by atoms with Gasteiger partial charge in [-0.25, -0.2) is 0 Å². The largest absolute Gasteiger partial charge is 0.489 e. The normalized spacial score (nSPS) is 10.2. The van der Waals surface area contributed by atoms with Gasteiger partial charge in [-0.15, -0.1) is 0 Å². The van der Waals surface area contributed by atoms with Crippen LogP contribution in [-0.2, 0) is 6.61 Å². The van der Waals surface area contributed by atoms with Crippen molar-refractivity contribution in [3.63, 3.8) is 0 Å². The monoisotopic (exact) mass is 250 g/mol. The van der Waals surface area contributed by atoms with Crippen molar-refractivity contribution in [2.75, 3.05) is 0 Å². The first-order valence-electron chi connectivity index (χ1n) is 5.14. The second-order valence-electron chi connectivity index (χ2n) is 3.57. The first-order valence-corrected chi connectivity index (χ1v) is 5.51. The number of hydrogen-bond acceptors (Lipinski definition) is 3. The first kappa shape index (κ1) is 11.7. The summed E-state index contributed by atoms with van der Waals surface area (Å²) in [5.74, 6) is 1.56. The van der Waals surface area contributed by atoms with E-state index in [-0.39, 0.29) is 5.76 Å². The van der Waals surface area contributed by atoms with E-state index < -0.39 is 5.24 Å². The van der Waals surface area contributed by atoms with E-state index in [1.54, 1.807) is 13.0 Å². The van der Waals surface area contributed by atoms with Crippen LogP contribution < -0.4 is 4.74 Å². The van der Waals surface area contributed by atoms with Crippen molar-refractivity contribution in [1.29, 1.82) is 0 Å². The molecular formula is C13H11ClO3. The Morgan fingerprint density at radius 3 is 2.65 bits per heavy atom. The number of ether oxygens (including phenoxy) is 1. The van der Waals surface area contributed by atoms with Crippen LogP contribution in [-0.4, -0.2) is 5.24 Å². The third-order valence-corrected chi connectivity index (χ3v) is 2.54. The van der Waals surface area contributed by atoms with Gasteiger partial charge in [0.15, 0.2) is 5.76 Å². The predicted molar refractivity (Wildman–Crippen MR) is 64.4 cm³/mol. The van der Waals surface area contributed by atoms with Crippen molar-refractivity contribution in [2.45, 2.75) is 13.5 Å². The smallest absolute Gasteiger partial charge is 0.287 e. The zero-order valence-corrected chi connectivity index (χ0v) is 10.0. The fourth-order valence-electron chi connectivity index (χ4n) is 1.44. The summed E-state index contributed by atoms with van der Waals surface area (Å²) in [5, 5.41) is -0.598. The molecule has 88 valence electrons. The molecule has 0 saturated heterocycles. The van der Waals surface area contributed by atoms with Gasteiger partial charge in [-0.3, -0.25) is 4.79 Å². The van der Waals surface area contributed by atoms with Gasteiger partial charge in [-0.2, -0.15) is 0 Å². The van der Waals surface area contributed by atoms with Crippen molar-refractivity contribution in [2.24, 2.45) is 0 Å². The fourth-order valence-corrected chi connectivity index (χ4v) is 1.53. The molecule has 1 heterocycles. The van der Waals surface area contributed by atoms with Crippen LogP contribution in [0.5, 0.6) is 5.75 Å². The van der Waals surface area contributed by atoms with Gasteiger partial charge in [0.05, 0.1) is 0 Å². The Balaban J connectivity index is 2.07. The van der Waals surface area contributed by atoms with E-state index in [1.807, 2.05) is 30.3 Å². The fraction of sp³-hybridized carbons (Fsp3) is 0.154. The molecule has 1 aromatic carbocycles. The predicted octanol–water partition coefficient (Wildman–Crippen LogP) is 3.55. The molecule has 3 nitrogen and oxygen atoms in total. The second-order valence-corrected chi connectivity index (χ2v) is 3.91. The number of para-hydroxylation sites is 1. The van der Waals surface area contributed by atoms with Gasteiger partial charge < -0.3 is 9.15 Å². The second kappa shape index (κ2) is 5.06. The van der Waals surface area contributed by atoms with Crippen LogP contribution in [0.15, 0.2) is 40.8 Å². The Kier molecular flexibility index (Phi) is 3.49.